The number of amides is 2. The van der Waals surface area contributed by atoms with Crippen LogP contribution in [0, 0.1) is 6.92 Å². The van der Waals surface area contributed by atoms with E-state index in [0.29, 0.717) is 24.4 Å². The number of fused-ring (bicyclic) bond motifs is 1. The topological polar surface area (TPSA) is 102 Å². The number of nitrogens with one attached hydrogen (secondary N) is 1. The number of rotatable bonds is 9. The lowest BCUT2D eigenvalue weighted by Crippen LogP contribution is -2.48. The molecule has 0 saturated carbocycles. The van der Waals surface area contributed by atoms with E-state index in [2.05, 4.69) is 15.6 Å². The van der Waals surface area contributed by atoms with Crippen molar-refractivity contribution < 1.29 is 18.7 Å². The van der Waals surface area contributed by atoms with Crippen LogP contribution in [0.1, 0.15) is 35.8 Å². The number of benzene rings is 2. The molecule has 0 radical (unpaired) electrons. The van der Waals surface area contributed by atoms with Crippen molar-refractivity contribution in [2.45, 2.75) is 45.0 Å². The zero-order chi connectivity index (χ0) is 24.9. The van der Waals surface area contributed by atoms with Gasteiger partial charge in [-0.1, -0.05) is 41.6 Å². The Bertz CT molecular complexity index is 1330. The number of nitrogens with zero attached hydrogens (tertiary/aromatic N) is 4. The van der Waals surface area contributed by atoms with Crippen LogP contribution in [-0.2, 0) is 27.4 Å². The van der Waals surface area contributed by atoms with Gasteiger partial charge in [0, 0.05) is 13.2 Å². The molecule has 2 atom stereocenters. The number of carbonyl (C=O) groups is 2. The first-order chi connectivity index (χ1) is 17.6. The van der Waals surface area contributed by atoms with Gasteiger partial charge in [0.15, 0.2) is 0 Å². The van der Waals surface area contributed by atoms with Crippen molar-refractivity contribution in [2.24, 2.45) is 0 Å². The van der Waals surface area contributed by atoms with Gasteiger partial charge in [-0.3, -0.25) is 9.59 Å². The largest absolute Gasteiger partial charge is 0.467 e. The van der Waals surface area contributed by atoms with Gasteiger partial charge in [0.1, 0.15) is 23.9 Å². The summed E-state index contributed by atoms with van der Waals surface area (Å²) in [5.74, 6) is 0.121. The number of furan rings is 1. The van der Waals surface area contributed by atoms with Crippen LogP contribution in [0.3, 0.4) is 0 Å². The summed E-state index contributed by atoms with van der Waals surface area (Å²) in [6, 6.07) is 17.9. The standard InChI is InChI=1S/C27H29N5O4/c1-19-8-2-3-11-22(19)26(27(34)28-16-20-9-6-14-35-20)31(17-21-10-7-15-36-21)25(33)18-32-24-13-5-4-12-23(24)29-30-32/h2-6,8-9,11-14,21,26H,7,10,15-18H2,1H3,(H,28,34)/t21-,26+/m1/s1. The molecule has 3 heterocycles. The SMILES string of the molecule is Cc1ccccc1[C@@H](C(=O)NCc1ccco1)N(C[C@H]1CCCO1)C(=O)Cn1nnc2ccccc21. The molecule has 2 aromatic carbocycles. The van der Waals surface area contributed by atoms with E-state index in [4.69, 9.17) is 9.15 Å². The Balaban J connectivity index is 1.48. The Morgan fingerprint density at radius 3 is 2.75 bits per heavy atom. The molecule has 9 nitrogen and oxygen atoms in total. The third kappa shape index (κ3) is 5.16. The minimum absolute atomic E-state index is 0.0406. The van der Waals surface area contributed by atoms with Crippen LogP contribution < -0.4 is 5.32 Å². The minimum atomic E-state index is -0.840. The summed E-state index contributed by atoms with van der Waals surface area (Å²) in [4.78, 5) is 29.2. The average molecular weight is 488 g/mol. The van der Waals surface area contributed by atoms with Crippen LogP contribution in [0.25, 0.3) is 11.0 Å². The second-order valence-electron chi connectivity index (χ2n) is 8.97. The Labute approximate surface area is 209 Å². The zero-order valence-electron chi connectivity index (χ0n) is 20.2. The molecule has 2 aromatic heterocycles. The molecular formula is C27H29N5O4. The third-order valence-electron chi connectivity index (χ3n) is 6.51. The molecular weight excluding hydrogens is 458 g/mol. The number of aromatic nitrogens is 3. The number of hydrogen-bond acceptors (Lipinski definition) is 6. The number of para-hydroxylation sites is 1. The summed E-state index contributed by atoms with van der Waals surface area (Å²) in [6.07, 6.45) is 3.20. The highest BCUT2D eigenvalue weighted by Crippen LogP contribution is 2.27. The molecule has 36 heavy (non-hydrogen) atoms. The maximum absolute atomic E-state index is 13.9. The van der Waals surface area contributed by atoms with Crippen molar-refractivity contribution in [1.29, 1.82) is 0 Å². The molecule has 1 fully saturated rings. The van der Waals surface area contributed by atoms with Gasteiger partial charge in [-0.05, 0) is 55.2 Å². The molecule has 0 aliphatic carbocycles. The van der Waals surface area contributed by atoms with Crippen molar-refractivity contribution in [3.63, 3.8) is 0 Å². The van der Waals surface area contributed by atoms with Crippen LogP contribution >= 0.6 is 0 Å². The van der Waals surface area contributed by atoms with E-state index in [1.807, 2.05) is 55.5 Å². The quantitative estimate of drug-likeness (QED) is 0.388. The number of hydrogen-bond donors (Lipinski definition) is 1. The van der Waals surface area contributed by atoms with E-state index in [0.717, 1.165) is 29.5 Å². The van der Waals surface area contributed by atoms with E-state index >= 15 is 0 Å². The zero-order valence-corrected chi connectivity index (χ0v) is 20.2. The van der Waals surface area contributed by atoms with E-state index in [1.54, 1.807) is 28.0 Å². The first-order valence-electron chi connectivity index (χ1n) is 12.1. The Morgan fingerprint density at radius 2 is 1.97 bits per heavy atom. The predicted octanol–water partition coefficient (Wildman–Crippen LogP) is 3.40. The lowest BCUT2D eigenvalue weighted by atomic mass is 9.98. The lowest BCUT2D eigenvalue weighted by Gasteiger charge is -2.33. The van der Waals surface area contributed by atoms with Gasteiger partial charge in [-0.15, -0.1) is 5.10 Å². The second kappa shape index (κ2) is 10.7. The summed E-state index contributed by atoms with van der Waals surface area (Å²) in [5, 5.41) is 11.3. The third-order valence-corrected chi connectivity index (χ3v) is 6.51. The number of ether oxygens (including phenoxy) is 1. The smallest absolute Gasteiger partial charge is 0.247 e. The molecule has 1 aliphatic rings. The second-order valence-corrected chi connectivity index (χ2v) is 8.97. The minimum Gasteiger partial charge on any atom is -0.467 e. The van der Waals surface area contributed by atoms with Gasteiger partial charge in [0.25, 0.3) is 0 Å². The number of carbonyl (C=O) groups excluding carboxylic acids is 2. The van der Waals surface area contributed by atoms with Gasteiger partial charge in [-0.2, -0.15) is 0 Å². The Hall–Kier alpha value is -3.98. The average Bonchev–Trinajstić information content (AvgIpc) is 3.67. The Kier molecular flexibility index (Phi) is 7.08. The van der Waals surface area contributed by atoms with Gasteiger partial charge < -0.3 is 19.4 Å². The fourth-order valence-corrected chi connectivity index (χ4v) is 4.64. The molecule has 0 bridgehead atoms. The molecule has 4 aromatic rings. The highest BCUT2D eigenvalue weighted by Gasteiger charge is 2.35. The highest BCUT2D eigenvalue weighted by molar-refractivity contribution is 5.89. The molecule has 9 heteroatoms. The van der Waals surface area contributed by atoms with Crippen molar-refractivity contribution in [3.05, 3.63) is 83.8 Å². The van der Waals surface area contributed by atoms with Gasteiger partial charge in [-0.25, -0.2) is 4.68 Å². The van der Waals surface area contributed by atoms with E-state index in [1.165, 1.54) is 0 Å². The first kappa shape index (κ1) is 23.7. The maximum Gasteiger partial charge on any atom is 0.247 e. The maximum atomic E-state index is 13.9. The molecule has 1 saturated heterocycles. The highest BCUT2D eigenvalue weighted by atomic mass is 16.5. The molecule has 1 N–H and O–H groups in total. The van der Waals surface area contributed by atoms with Crippen LogP contribution in [0.5, 0.6) is 0 Å². The van der Waals surface area contributed by atoms with E-state index < -0.39 is 6.04 Å². The molecule has 2 amide bonds. The first-order valence-corrected chi connectivity index (χ1v) is 12.1. The fourth-order valence-electron chi connectivity index (χ4n) is 4.64. The Morgan fingerprint density at radius 1 is 1.14 bits per heavy atom. The summed E-state index contributed by atoms with van der Waals surface area (Å²) in [5.41, 5.74) is 3.16. The molecule has 5 rings (SSSR count). The fraction of sp³-hybridized carbons (Fsp3) is 0.333. The van der Waals surface area contributed by atoms with Crippen LogP contribution in [0.15, 0.2) is 71.3 Å². The summed E-state index contributed by atoms with van der Waals surface area (Å²) in [6.45, 7) is 3.09. The van der Waals surface area contributed by atoms with Crippen LogP contribution in [-0.4, -0.2) is 51.0 Å². The van der Waals surface area contributed by atoms with E-state index in [-0.39, 0.29) is 31.0 Å². The van der Waals surface area contributed by atoms with E-state index in [9.17, 15) is 9.59 Å². The summed E-state index contributed by atoms with van der Waals surface area (Å²) >= 11 is 0. The number of aryl methyl sites for hydroxylation is 1. The van der Waals surface area contributed by atoms with Crippen LogP contribution in [0.4, 0.5) is 0 Å². The monoisotopic (exact) mass is 487 g/mol. The lowest BCUT2D eigenvalue weighted by molar-refractivity contribution is -0.143. The van der Waals surface area contributed by atoms with Crippen molar-refractivity contribution in [1.82, 2.24) is 25.2 Å². The van der Waals surface area contributed by atoms with Crippen molar-refractivity contribution >= 4 is 22.8 Å². The normalized spacial score (nSPS) is 16.2. The predicted molar refractivity (Wildman–Crippen MR) is 133 cm³/mol. The van der Waals surface area contributed by atoms with Crippen molar-refractivity contribution in [2.75, 3.05) is 13.2 Å². The van der Waals surface area contributed by atoms with Crippen LogP contribution in [0.2, 0.25) is 0 Å². The summed E-state index contributed by atoms with van der Waals surface area (Å²) in [7, 11) is 0. The molecule has 0 spiro atoms. The van der Waals surface area contributed by atoms with Crippen molar-refractivity contribution in [3.8, 4) is 0 Å². The molecule has 0 unspecified atom stereocenters. The van der Waals surface area contributed by atoms with Gasteiger partial charge in [0.2, 0.25) is 11.8 Å². The summed E-state index contributed by atoms with van der Waals surface area (Å²) < 4.78 is 12.8. The van der Waals surface area contributed by atoms with Gasteiger partial charge >= 0.3 is 0 Å². The van der Waals surface area contributed by atoms with Gasteiger partial charge in [0.05, 0.1) is 24.4 Å². The molecule has 1 aliphatic heterocycles. The molecule has 186 valence electrons.